The molecule has 1 aliphatic carbocycles. The Hall–Kier alpha value is -1.75. The maximum Gasteiger partial charge on any atom is 0.335 e. The van der Waals surface area contributed by atoms with E-state index in [1.165, 1.54) is 19.2 Å². The summed E-state index contributed by atoms with van der Waals surface area (Å²) in [4.78, 5) is 11.0. The van der Waals surface area contributed by atoms with Crippen LogP contribution in [0.4, 0.5) is 0 Å². The number of aromatic carboxylic acids is 1. The van der Waals surface area contributed by atoms with Gasteiger partial charge in [0.05, 0.1) is 18.3 Å². The zero-order valence-electron chi connectivity index (χ0n) is 11.6. The van der Waals surface area contributed by atoms with E-state index in [1.54, 1.807) is 6.07 Å². The van der Waals surface area contributed by atoms with Crippen LogP contribution in [0.3, 0.4) is 0 Å². The van der Waals surface area contributed by atoms with E-state index in [-0.39, 0.29) is 12.2 Å². The molecule has 0 amide bonds. The highest BCUT2D eigenvalue weighted by molar-refractivity contribution is 5.88. The van der Waals surface area contributed by atoms with Gasteiger partial charge in [-0.1, -0.05) is 19.3 Å². The fourth-order valence-electron chi connectivity index (χ4n) is 2.49. The van der Waals surface area contributed by atoms with E-state index in [9.17, 15) is 9.90 Å². The molecule has 5 nitrogen and oxygen atoms in total. The summed E-state index contributed by atoms with van der Waals surface area (Å²) < 4.78 is 10.8. The number of aliphatic hydroxyl groups is 1. The van der Waals surface area contributed by atoms with E-state index in [0.717, 1.165) is 19.3 Å². The minimum absolute atomic E-state index is 0.136. The normalized spacial score (nSPS) is 17.5. The molecule has 5 heteroatoms. The molecule has 110 valence electrons. The number of carbonyl (C=O) groups is 1. The number of benzene rings is 1. The van der Waals surface area contributed by atoms with Gasteiger partial charge in [0.25, 0.3) is 0 Å². The first kappa shape index (κ1) is 14.7. The number of hydrogen-bond donors (Lipinski definition) is 2. The Balaban J connectivity index is 2.10. The first-order chi connectivity index (χ1) is 9.54. The topological polar surface area (TPSA) is 76.0 Å². The first-order valence-electron chi connectivity index (χ1n) is 6.81. The van der Waals surface area contributed by atoms with Crippen molar-refractivity contribution in [1.82, 2.24) is 0 Å². The fraction of sp³-hybridized carbons (Fsp3) is 0.533. The molecular weight excluding hydrogens is 260 g/mol. The number of methoxy groups -OCH3 is 1. The van der Waals surface area contributed by atoms with Crippen LogP contribution in [-0.4, -0.2) is 35.5 Å². The third kappa shape index (κ3) is 3.42. The Kier molecular flexibility index (Phi) is 4.49. The van der Waals surface area contributed by atoms with Crippen molar-refractivity contribution in [2.75, 3.05) is 13.7 Å². The fourth-order valence-corrected chi connectivity index (χ4v) is 2.49. The van der Waals surface area contributed by atoms with Crippen LogP contribution >= 0.6 is 0 Å². The molecule has 2 N–H and O–H groups in total. The quantitative estimate of drug-likeness (QED) is 0.866. The van der Waals surface area contributed by atoms with Crippen LogP contribution in [0.15, 0.2) is 18.2 Å². The molecule has 0 saturated heterocycles. The van der Waals surface area contributed by atoms with E-state index >= 15 is 0 Å². The SMILES string of the molecule is COc1ccc(C(=O)O)cc1OCC1(O)CCCCC1. The Morgan fingerprint density at radius 3 is 2.55 bits per heavy atom. The van der Waals surface area contributed by atoms with Gasteiger partial charge in [-0.25, -0.2) is 4.79 Å². The Bertz CT molecular complexity index is 477. The van der Waals surface area contributed by atoms with Crippen LogP contribution in [-0.2, 0) is 0 Å². The predicted octanol–water partition coefficient (Wildman–Crippen LogP) is 2.47. The summed E-state index contributed by atoms with van der Waals surface area (Å²) in [5, 5.41) is 19.4. The van der Waals surface area contributed by atoms with Crippen molar-refractivity contribution in [3.8, 4) is 11.5 Å². The van der Waals surface area contributed by atoms with E-state index in [1.807, 2.05) is 0 Å². The van der Waals surface area contributed by atoms with E-state index in [4.69, 9.17) is 14.6 Å². The van der Waals surface area contributed by atoms with Crippen LogP contribution in [0.5, 0.6) is 11.5 Å². The summed E-state index contributed by atoms with van der Waals surface area (Å²) in [5.41, 5.74) is -0.681. The van der Waals surface area contributed by atoms with Gasteiger partial charge in [-0.3, -0.25) is 0 Å². The molecule has 1 fully saturated rings. The van der Waals surface area contributed by atoms with Gasteiger partial charge in [0.2, 0.25) is 0 Å². The lowest BCUT2D eigenvalue weighted by Gasteiger charge is -2.31. The monoisotopic (exact) mass is 280 g/mol. The van der Waals surface area contributed by atoms with Crippen molar-refractivity contribution in [3.05, 3.63) is 23.8 Å². The van der Waals surface area contributed by atoms with Gasteiger partial charge in [0, 0.05) is 0 Å². The summed E-state index contributed by atoms with van der Waals surface area (Å²) in [6, 6.07) is 4.44. The van der Waals surface area contributed by atoms with Crippen LogP contribution in [0, 0.1) is 0 Å². The lowest BCUT2D eigenvalue weighted by atomic mass is 9.85. The van der Waals surface area contributed by atoms with Gasteiger partial charge in [-0.2, -0.15) is 0 Å². The maximum absolute atomic E-state index is 11.0. The molecule has 0 spiro atoms. The van der Waals surface area contributed by atoms with Gasteiger partial charge in [0.1, 0.15) is 6.61 Å². The summed E-state index contributed by atoms with van der Waals surface area (Å²) in [6.07, 6.45) is 4.56. The molecule has 1 aliphatic rings. The maximum atomic E-state index is 11.0. The van der Waals surface area contributed by atoms with E-state index in [2.05, 4.69) is 0 Å². The summed E-state index contributed by atoms with van der Waals surface area (Å²) >= 11 is 0. The van der Waals surface area contributed by atoms with Crippen LogP contribution in [0.25, 0.3) is 0 Å². The van der Waals surface area contributed by atoms with E-state index < -0.39 is 11.6 Å². The first-order valence-corrected chi connectivity index (χ1v) is 6.81. The Morgan fingerprint density at radius 2 is 1.95 bits per heavy atom. The van der Waals surface area contributed by atoms with Crippen LogP contribution in [0.2, 0.25) is 0 Å². The average Bonchev–Trinajstić information content (AvgIpc) is 2.45. The average molecular weight is 280 g/mol. The second-order valence-electron chi connectivity index (χ2n) is 5.24. The largest absolute Gasteiger partial charge is 0.493 e. The number of rotatable bonds is 5. The summed E-state index contributed by atoms with van der Waals surface area (Å²) in [5.74, 6) is -0.199. The zero-order valence-corrected chi connectivity index (χ0v) is 11.6. The minimum Gasteiger partial charge on any atom is -0.493 e. The zero-order chi connectivity index (χ0) is 14.6. The van der Waals surface area contributed by atoms with Crippen molar-refractivity contribution in [2.24, 2.45) is 0 Å². The molecule has 2 rings (SSSR count). The molecule has 0 atom stereocenters. The molecule has 1 aromatic rings. The third-order valence-electron chi connectivity index (χ3n) is 3.69. The van der Waals surface area contributed by atoms with Crippen LogP contribution < -0.4 is 9.47 Å². The van der Waals surface area contributed by atoms with Gasteiger partial charge in [-0.15, -0.1) is 0 Å². The Labute approximate surface area is 118 Å². The predicted molar refractivity (Wildman–Crippen MR) is 73.5 cm³/mol. The second-order valence-corrected chi connectivity index (χ2v) is 5.24. The molecule has 1 aromatic carbocycles. The van der Waals surface area contributed by atoms with Crippen molar-refractivity contribution < 1.29 is 24.5 Å². The van der Waals surface area contributed by atoms with Crippen molar-refractivity contribution in [1.29, 1.82) is 0 Å². The molecule has 1 saturated carbocycles. The molecule has 0 unspecified atom stereocenters. The van der Waals surface area contributed by atoms with Gasteiger partial charge < -0.3 is 19.7 Å². The molecule has 0 aliphatic heterocycles. The van der Waals surface area contributed by atoms with Gasteiger partial charge in [-0.05, 0) is 31.0 Å². The highest BCUT2D eigenvalue weighted by atomic mass is 16.5. The lowest BCUT2D eigenvalue weighted by Crippen LogP contribution is -2.37. The molecular formula is C15H20O5. The van der Waals surface area contributed by atoms with Gasteiger partial charge >= 0.3 is 5.97 Å². The minimum atomic E-state index is -1.02. The number of ether oxygens (including phenoxy) is 2. The van der Waals surface area contributed by atoms with E-state index in [0.29, 0.717) is 24.3 Å². The number of carboxylic acid groups (broad SMARTS) is 1. The second kappa shape index (κ2) is 6.13. The molecule has 0 heterocycles. The highest BCUT2D eigenvalue weighted by Gasteiger charge is 2.30. The molecule has 0 radical (unpaired) electrons. The third-order valence-corrected chi connectivity index (χ3v) is 3.69. The molecule has 0 aromatic heterocycles. The smallest absolute Gasteiger partial charge is 0.335 e. The standard InChI is InChI=1S/C15H20O5/c1-19-12-6-5-11(14(16)17)9-13(12)20-10-15(18)7-3-2-4-8-15/h5-6,9,18H,2-4,7-8,10H2,1H3,(H,16,17). The summed E-state index contributed by atoms with van der Waals surface area (Å²) in [7, 11) is 1.50. The Morgan fingerprint density at radius 1 is 1.25 bits per heavy atom. The van der Waals surface area contributed by atoms with Crippen LogP contribution in [0.1, 0.15) is 42.5 Å². The summed E-state index contributed by atoms with van der Waals surface area (Å²) in [6.45, 7) is 0.159. The lowest BCUT2D eigenvalue weighted by molar-refractivity contribution is -0.0343. The molecule has 20 heavy (non-hydrogen) atoms. The van der Waals surface area contributed by atoms with Crippen molar-refractivity contribution in [3.63, 3.8) is 0 Å². The van der Waals surface area contributed by atoms with Crippen molar-refractivity contribution >= 4 is 5.97 Å². The molecule has 0 bridgehead atoms. The highest BCUT2D eigenvalue weighted by Crippen LogP contribution is 2.32. The number of hydrogen-bond acceptors (Lipinski definition) is 4. The van der Waals surface area contributed by atoms with Crippen molar-refractivity contribution in [2.45, 2.75) is 37.7 Å². The number of carboxylic acids is 1. The van der Waals surface area contributed by atoms with Gasteiger partial charge in [0.15, 0.2) is 11.5 Å².